The highest BCUT2D eigenvalue weighted by Crippen LogP contribution is 2.34. The molecule has 8 heteroatoms. The van der Waals surface area contributed by atoms with Crippen LogP contribution in [-0.2, 0) is 4.74 Å². The Kier molecular flexibility index (Phi) is 3.80. The number of aliphatic hydroxyl groups is 3. The van der Waals surface area contributed by atoms with Crippen LogP contribution in [0.3, 0.4) is 0 Å². The van der Waals surface area contributed by atoms with Gasteiger partial charge in [0.05, 0.1) is 12.3 Å². The van der Waals surface area contributed by atoms with Crippen LogP contribution >= 0.6 is 12.2 Å². The Balaban J connectivity index is 1.91. The minimum absolute atomic E-state index is 0.230. The van der Waals surface area contributed by atoms with Gasteiger partial charge in [0.2, 0.25) is 0 Å². The lowest BCUT2D eigenvalue weighted by molar-refractivity contribution is -0.0798. The standard InChI is InChI=1S/C13H15FN2O4S/c14-6-3-1-2-4-7(6)16-12-9(15-13(16)21)10(19)11(20-12)8(18)5-17/h1-4,8-12,17-19H,5H2,(H,15,21)/t8-,9-,10-,11-,12+/m1/s1. The highest BCUT2D eigenvalue weighted by molar-refractivity contribution is 7.80. The summed E-state index contributed by atoms with van der Waals surface area (Å²) in [6, 6.07) is 5.49. The van der Waals surface area contributed by atoms with Crippen molar-refractivity contribution in [2.24, 2.45) is 0 Å². The molecule has 0 spiro atoms. The quantitative estimate of drug-likeness (QED) is 0.551. The monoisotopic (exact) mass is 314 g/mol. The lowest BCUT2D eigenvalue weighted by Crippen LogP contribution is -2.45. The van der Waals surface area contributed by atoms with E-state index < -0.39 is 43.0 Å². The summed E-state index contributed by atoms with van der Waals surface area (Å²) in [6.45, 7) is -0.536. The first-order chi connectivity index (χ1) is 10.0. The molecule has 0 radical (unpaired) electrons. The number of ether oxygens (including phenoxy) is 1. The Morgan fingerprint density at radius 3 is 2.81 bits per heavy atom. The first kappa shape index (κ1) is 14.6. The molecule has 6 nitrogen and oxygen atoms in total. The van der Waals surface area contributed by atoms with Gasteiger partial charge in [0.25, 0.3) is 0 Å². The summed E-state index contributed by atoms with van der Waals surface area (Å²) >= 11 is 5.17. The molecule has 0 aliphatic carbocycles. The van der Waals surface area contributed by atoms with Crippen LogP contribution in [-0.4, -0.2) is 57.6 Å². The number of nitrogens with zero attached hydrogens (tertiary/aromatic N) is 1. The van der Waals surface area contributed by atoms with Gasteiger partial charge >= 0.3 is 0 Å². The Morgan fingerprint density at radius 1 is 1.43 bits per heavy atom. The average Bonchev–Trinajstić information content (AvgIpc) is 2.95. The number of para-hydroxylation sites is 1. The number of hydrogen-bond acceptors (Lipinski definition) is 5. The van der Waals surface area contributed by atoms with Crippen LogP contribution in [0.15, 0.2) is 24.3 Å². The van der Waals surface area contributed by atoms with Crippen LogP contribution in [0.25, 0.3) is 0 Å². The summed E-state index contributed by atoms with van der Waals surface area (Å²) in [5.74, 6) is -0.466. The van der Waals surface area contributed by atoms with E-state index in [2.05, 4.69) is 5.32 Å². The van der Waals surface area contributed by atoms with Crippen molar-refractivity contribution >= 4 is 23.0 Å². The third-order valence-corrected chi connectivity index (χ3v) is 4.06. The predicted molar refractivity (Wildman–Crippen MR) is 76.2 cm³/mol. The Bertz CT molecular complexity index is 561. The summed E-state index contributed by atoms with van der Waals surface area (Å²) in [4.78, 5) is 1.43. The number of halogens is 1. The molecule has 2 fully saturated rings. The van der Waals surface area contributed by atoms with E-state index >= 15 is 0 Å². The van der Waals surface area contributed by atoms with E-state index in [1.165, 1.54) is 11.0 Å². The fourth-order valence-corrected chi connectivity index (χ4v) is 3.06. The molecule has 2 heterocycles. The molecule has 0 saturated carbocycles. The van der Waals surface area contributed by atoms with Crippen LogP contribution in [0.4, 0.5) is 10.1 Å². The van der Waals surface area contributed by atoms with Crippen molar-refractivity contribution in [1.82, 2.24) is 5.32 Å². The van der Waals surface area contributed by atoms with Gasteiger partial charge in [-0.1, -0.05) is 12.1 Å². The molecule has 2 saturated heterocycles. The van der Waals surface area contributed by atoms with Gasteiger partial charge in [0.15, 0.2) is 11.3 Å². The molecule has 2 aliphatic rings. The third kappa shape index (κ3) is 2.29. The molecule has 2 aliphatic heterocycles. The zero-order chi connectivity index (χ0) is 15.1. The number of fused-ring (bicyclic) bond motifs is 1. The molecular formula is C13H15FN2O4S. The number of thiocarbonyl (C=S) groups is 1. The maximum Gasteiger partial charge on any atom is 0.176 e. The number of benzene rings is 1. The smallest absolute Gasteiger partial charge is 0.176 e. The molecule has 0 bridgehead atoms. The van der Waals surface area contributed by atoms with Gasteiger partial charge in [-0.2, -0.15) is 0 Å². The van der Waals surface area contributed by atoms with Gasteiger partial charge < -0.3 is 25.4 Å². The largest absolute Gasteiger partial charge is 0.394 e. The van der Waals surface area contributed by atoms with E-state index in [4.69, 9.17) is 22.1 Å². The number of aliphatic hydroxyl groups excluding tert-OH is 3. The van der Waals surface area contributed by atoms with E-state index in [1.807, 2.05) is 0 Å². The zero-order valence-electron chi connectivity index (χ0n) is 10.9. The van der Waals surface area contributed by atoms with Gasteiger partial charge in [-0.25, -0.2) is 4.39 Å². The number of rotatable bonds is 3. The second-order valence-corrected chi connectivity index (χ2v) is 5.42. The molecule has 0 amide bonds. The van der Waals surface area contributed by atoms with Gasteiger partial charge in [-0.05, 0) is 24.4 Å². The van der Waals surface area contributed by atoms with Gasteiger partial charge in [0, 0.05) is 0 Å². The van der Waals surface area contributed by atoms with Crippen LogP contribution in [0.2, 0.25) is 0 Å². The summed E-state index contributed by atoms with van der Waals surface area (Å²) in [5, 5.41) is 32.0. The van der Waals surface area contributed by atoms with E-state index in [0.29, 0.717) is 0 Å². The topological polar surface area (TPSA) is 85.2 Å². The molecule has 5 atom stereocenters. The number of anilines is 1. The minimum atomic E-state index is -1.22. The number of hydrogen-bond donors (Lipinski definition) is 4. The summed E-state index contributed by atoms with van der Waals surface area (Å²) in [7, 11) is 0. The normalized spacial score (nSPS) is 33.0. The molecule has 21 heavy (non-hydrogen) atoms. The number of nitrogens with one attached hydrogen (secondary N) is 1. The summed E-state index contributed by atoms with van der Waals surface area (Å²) in [5.41, 5.74) is 0.230. The lowest BCUT2D eigenvalue weighted by atomic mass is 10.0. The second kappa shape index (κ2) is 5.47. The van der Waals surface area contributed by atoms with Crippen molar-refractivity contribution in [3.8, 4) is 0 Å². The van der Waals surface area contributed by atoms with Gasteiger partial charge in [0.1, 0.15) is 30.2 Å². The van der Waals surface area contributed by atoms with Crippen LogP contribution in [0, 0.1) is 5.82 Å². The predicted octanol–water partition coefficient (Wildman–Crippen LogP) is -0.672. The molecule has 3 rings (SSSR count). The highest BCUT2D eigenvalue weighted by atomic mass is 32.1. The highest BCUT2D eigenvalue weighted by Gasteiger charge is 2.54. The summed E-state index contributed by atoms with van der Waals surface area (Å²) in [6.07, 6.45) is -3.99. The molecule has 0 aromatic heterocycles. The average molecular weight is 314 g/mol. The SMILES string of the molecule is OC[C@@H](O)[C@H]1O[C@H]2[C@H](NC(=S)N2c2ccccc2F)[C@H]1O. The second-order valence-electron chi connectivity index (χ2n) is 5.03. The minimum Gasteiger partial charge on any atom is -0.394 e. The Labute approximate surface area is 125 Å². The van der Waals surface area contributed by atoms with Crippen molar-refractivity contribution in [3.05, 3.63) is 30.1 Å². The van der Waals surface area contributed by atoms with Gasteiger partial charge in [-0.3, -0.25) is 4.90 Å². The molecule has 1 aromatic rings. The van der Waals surface area contributed by atoms with Gasteiger partial charge in [-0.15, -0.1) is 0 Å². The summed E-state index contributed by atoms with van der Waals surface area (Å²) < 4.78 is 19.5. The van der Waals surface area contributed by atoms with E-state index in [9.17, 15) is 14.6 Å². The molecule has 1 aromatic carbocycles. The maximum atomic E-state index is 14.0. The molecule has 114 valence electrons. The van der Waals surface area contributed by atoms with E-state index in [1.54, 1.807) is 18.2 Å². The van der Waals surface area contributed by atoms with Crippen LogP contribution in [0.1, 0.15) is 0 Å². The van der Waals surface area contributed by atoms with Crippen molar-refractivity contribution < 1.29 is 24.4 Å². The molecule has 4 N–H and O–H groups in total. The fraction of sp³-hybridized carbons (Fsp3) is 0.462. The van der Waals surface area contributed by atoms with Crippen LogP contribution in [0.5, 0.6) is 0 Å². The molecule has 0 unspecified atom stereocenters. The first-order valence-electron chi connectivity index (χ1n) is 6.51. The van der Waals surface area contributed by atoms with E-state index in [0.717, 1.165) is 0 Å². The van der Waals surface area contributed by atoms with E-state index in [-0.39, 0.29) is 10.8 Å². The first-order valence-corrected chi connectivity index (χ1v) is 6.92. The lowest BCUT2D eigenvalue weighted by Gasteiger charge is -2.26. The van der Waals surface area contributed by atoms with Crippen molar-refractivity contribution in [2.45, 2.75) is 30.6 Å². The maximum absolute atomic E-state index is 14.0. The Hall–Kier alpha value is -1.32. The van der Waals surface area contributed by atoms with Crippen molar-refractivity contribution in [1.29, 1.82) is 0 Å². The van der Waals surface area contributed by atoms with Crippen LogP contribution < -0.4 is 10.2 Å². The van der Waals surface area contributed by atoms with Crippen molar-refractivity contribution in [3.63, 3.8) is 0 Å². The Morgan fingerprint density at radius 2 is 2.14 bits per heavy atom. The zero-order valence-corrected chi connectivity index (χ0v) is 11.7. The molecular weight excluding hydrogens is 299 g/mol. The van der Waals surface area contributed by atoms with Crippen molar-refractivity contribution in [2.75, 3.05) is 11.5 Å². The fourth-order valence-electron chi connectivity index (χ4n) is 2.72. The third-order valence-electron chi connectivity index (χ3n) is 3.75.